The summed E-state index contributed by atoms with van der Waals surface area (Å²) in [6, 6.07) is 0. The average Bonchev–Trinajstić information content (AvgIpc) is 2.34. The molecular weight excluding hydrogens is 234 g/mol. The van der Waals surface area contributed by atoms with Gasteiger partial charge < -0.3 is 15.0 Å². The molecule has 0 saturated carbocycles. The minimum atomic E-state index is -0.182. The average molecular weight is 255 g/mol. The molecule has 18 heavy (non-hydrogen) atoms. The molecule has 0 rings (SSSR count). The van der Waals surface area contributed by atoms with Gasteiger partial charge in [0.1, 0.15) is 0 Å². The van der Waals surface area contributed by atoms with Crippen LogP contribution in [0.2, 0.25) is 0 Å². The predicted octanol–water partition coefficient (Wildman–Crippen LogP) is -1.18. The van der Waals surface area contributed by atoms with Gasteiger partial charge in [-0.25, -0.2) is 0 Å². The molecule has 0 aromatic heterocycles. The van der Waals surface area contributed by atoms with E-state index in [0.29, 0.717) is 19.7 Å². The van der Waals surface area contributed by atoms with Crippen LogP contribution in [0.25, 0.3) is 0 Å². The third-order valence-corrected chi connectivity index (χ3v) is 2.16. The summed E-state index contributed by atoms with van der Waals surface area (Å²) in [7, 11) is 3.19. The highest BCUT2D eigenvalue weighted by Crippen LogP contribution is 1.85. The molecular formula is C12H21N3O3. The van der Waals surface area contributed by atoms with Gasteiger partial charge in [-0.1, -0.05) is 5.92 Å². The normalized spacial score (nSPS) is 9.61. The van der Waals surface area contributed by atoms with Crippen molar-refractivity contribution in [2.75, 3.05) is 46.9 Å². The molecule has 0 bridgehead atoms. The Balaban J connectivity index is 3.71. The molecule has 102 valence electrons. The summed E-state index contributed by atoms with van der Waals surface area (Å²) < 4.78 is 4.86. The van der Waals surface area contributed by atoms with Gasteiger partial charge in [0.15, 0.2) is 0 Å². The third kappa shape index (κ3) is 8.56. The predicted molar refractivity (Wildman–Crippen MR) is 68.8 cm³/mol. The van der Waals surface area contributed by atoms with Crippen molar-refractivity contribution in [3.05, 3.63) is 0 Å². The van der Waals surface area contributed by atoms with Gasteiger partial charge in [-0.3, -0.25) is 14.9 Å². The molecule has 0 aliphatic carbocycles. The Kier molecular flexibility index (Phi) is 9.64. The van der Waals surface area contributed by atoms with Crippen molar-refractivity contribution in [3.8, 4) is 12.3 Å². The number of carbonyl (C=O) groups excluding carboxylic acids is 2. The summed E-state index contributed by atoms with van der Waals surface area (Å²) >= 11 is 0. The van der Waals surface area contributed by atoms with Gasteiger partial charge in [-0.2, -0.15) is 0 Å². The first-order valence-corrected chi connectivity index (χ1v) is 5.75. The van der Waals surface area contributed by atoms with Gasteiger partial charge in [0.25, 0.3) is 0 Å². The zero-order valence-electron chi connectivity index (χ0n) is 11.0. The van der Waals surface area contributed by atoms with E-state index in [4.69, 9.17) is 11.2 Å². The van der Waals surface area contributed by atoms with Crippen molar-refractivity contribution >= 4 is 11.8 Å². The van der Waals surface area contributed by atoms with Crippen molar-refractivity contribution in [1.29, 1.82) is 0 Å². The van der Waals surface area contributed by atoms with Crippen LogP contribution in [-0.2, 0) is 14.3 Å². The van der Waals surface area contributed by atoms with Crippen LogP contribution >= 0.6 is 0 Å². The summed E-state index contributed by atoms with van der Waals surface area (Å²) in [6.07, 6.45) is 5.79. The third-order valence-electron chi connectivity index (χ3n) is 2.16. The van der Waals surface area contributed by atoms with Crippen LogP contribution in [-0.4, -0.2) is 63.7 Å². The Morgan fingerprint density at radius 1 is 1.44 bits per heavy atom. The molecule has 2 amide bonds. The minimum Gasteiger partial charge on any atom is -0.385 e. The maximum Gasteiger partial charge on any atom is 0.239 e. The number of carbonyl (C=O) groups is 2. The molecule has 6 heteroatoms. The van der Waals surface area contributed by atoms with Crippen LogP contribution in [0.3, 0.4) is 0 Å². The van der Waals surface area contributed by atoms with Gasteiger partial charge in [-0.05, 0) is 6.42 Å². The minimum absolute atomic E-state index is 0.0452. The van der Waals surface area contributed by atoms with Crippen molar-refractivity contribution in [2.24, 2.45) is 0 Å². The number of hydrogen-bond donors (Lipinski definition) is 2. The Morgan fingerprint density at radius 3 is 2.78 bits per heavy atom. The molecule has 0 fully saturated rings. The first kappa shape index (κ1) is 16.4. The van der Waals surface area contributed by atoms with Crippen molar-refractivity contribution < 1.29 is 14.3 Å². The smallest absolute Gasteiger partial charge is 0.239 e. The van der Waals surface area contributed by atoms with Gasteiger partial charge in [0, 0.05) is 27.3 Å². The maximum atomic E-state index is 11.5. The molecule has 0 radical (unpaired) electrons. The number of likely N-dealkylation sites (N-methyl/N-ethyl adjacent to an activating group) is 1. The molecule has 0 atom stereocenters. The van der Waals surface area contributed by atoms with Crippen LogP contribution in [0.15, 0.2) is 0 Å². The quantitative estimate of drug-likeness (QED) is 0.402. The number of ether oxygens (including phenoxy) is 1. The number of amides is 2. The second-order valence-corrected chi connectivity index (χ2v) is 3.75. The van der Waals surface area contributed by atoms with Crippen LogP contribution < -0.4 is 10.6 Å². The van der Waals surface area contributed by atoms with E-state index in [2.05, 4.69) is 16.6 Å². The molecule has 0 aliphatic rings. The van der Waals surface area contributed by atoms with Crippen LogP contribution in [0.5, 0.6) is 0 Å². The molecule has 0 spiro atoms. The lowest BCUT2D eigenvalue weighted by molar-refractivity contribution is -0.134. The lowest BCUT2D eigenvalue weighted by Crippen LogP contribution is -2.42. The van der Waals surface area contributed by atoms with Crippen molar-refractivity contribution in [1.82, 2.24) is 15.5 Å². The first-order chi connectivity index (χ1) is 8.61. The summed E-state index contributed by atoms with van der Waals surface area (Å²) in [4.78, 5) is 24.3. The highest BCUT2D eigenvalue weighted by atomic mass is 16.5. The van der Waals surface area contributed by atoms with E-state index in [0.717, 1.165) is 6.42 Å². The number of terminal acetylenes is 1. The number of rotatable bonds is 9. The highest BCUT2D eigenvalue weighted by Gasteiger charge is 2.11. The second kappa shape index (κ2) is 10.6. The van der Waals surface area contributed by atoms with E-state index in [-0.39, 0.29) is 24.9 Å². The highest BCUT2D eigenvalue weighted by molar-refractivity contribution is 5.85. The zero-order valence-corrected chi connectivity index (χ0v) is 11.0. The largest absolute Gasteiger partial charge is 0.385 e. The summed E-state index contributed by atoms with van der Waals surface area (Å²) in [5.74, 6) is 2.02. The summed E-state index contributed by atoms with van der Waals surface area (Å²) in [5, 5.41) is 5.48. The second-order valence-electron chi connectivity index (χ2n) is 3.75. The Labute approximate surface area is 108 Å². The Hall–Kier alpha value is -1.58. The number of nitrogens with one attached hydrogen (secondary N) is 2. The van der Waals surface area contributed by atoms with Gasteiger partial charge >= 0.3 is 0 Å². The Bertz CT molecular complexity index is 299. The first-order valence-electron chi connectivity index (χ1n) is 5.75. The molecule has 0 aliphatic heterocycles. The van der Waals surface area contributed by atoms with Gasteiger partial charge in [0.05, 0.1) is 19.6 Å². The zero-order chi connectivity index (χ0) is 13.8. The molecule has 0 unspecified atom stereocenters. The lowest BCUT2D eigenvalue weighted by atomic mass is 10.4. The Morgan fingerprint density at radius 2 is 2.17 bits per heavy atom. The van der Waals surface area contributed by atoms with E-state index < -0.39 is 0 Å². The van der Waals surface area contributed by atoms with Crippen molar-refractivity contribution in [3.63, 3.8) is 0 Å². The summed E-state index contributed by atoms with van der Waals surface area (Å²) in [5.41, 5.74) is 0. The maximum absolute atomic E-state index is 11.5. The standard InChI is InChI=1S/C12H21N3O3/c1-4-6-13-9-12(17)15(2)10-11(16)14-7-5-8-18-3/h1,13H,5-10H2,2-3H3,(H,14,16). The van der Waals surface area contributed by atoms with E-state index >= 15 is 0 Å². The fourth-order valence-corrected chi connectivity index (χ4v) is 1.18. The van der Waals surface area contributed by atoms with Gasteiger partial charge in [-0.15, -0.1) is 6.42 Å². The number of nitrogens with zero attached hydrogens (tertiary/aromatic N) is 1. The van der Waals surface area contributed by atoms with Crippen LogP contribution in [0, 0.1) is 12.3 Å². The molecule has 0 aromatic rings. The molecule has 2 N–H and O–H groups in total. The monoisotopic (exact) mass is 255 g/mol. The molecule has 0 saturated heterocycles. The molecule has 0 heterocycles. The lowest BCUT2D eigenvalue weighted by Gasteiger charge is -2.16. The van der Waals surface area contributed by atoms with E-state index in [1.165, 1.54) is 4.90 Å². The van der Waals surface area contributed by atoms with E-state index in [9.17, 15) is 9.59 Å². The number of hydrogen-bond acceptors (Lipinski definition) is 4. The fraction of sp³-hybridized carbons (Fsp3) is 0.667. The van der Waals surface area contributed by atoms with Crippen LogP contribution in [0.1, 0.15) is 6.42 Å². The van der Waals surface area contributed by atoms with Crippen LogP contribution in [0.4, 0.5) is 0 Å². The molecule has 6 nitrogen and oxygen atoms in total. The van der Waals surface area contributed by atoms with E-state index in [1.807, 2.05) is 0 Å². The topological polar surface area (TPSA) is 70.7 Å². The van der Waals surface area contributed by atoms with Gasteiger partial charge in [0.2, 0.25) is 11.8 Å². The fourth-order valence-electron chi connectivity index (χ4n) is 1.18. The van der Waals surface area contributed by atoms with Crippen molar-refractivity contribution in [2.45, 2.75) is 6.42 Å². The summed E-state index contributed by atoms with van der Waals surface area (Å²) in [6.45, 7) is 1.67. The SMILES string of the molecule is C#CCNCC(=O)N(C)CC(=O)NCCCOC. The number of methoxy groups -OCH3 is 1. The molecule has 0 aromatic carbocycles. The van der Waals surface area contributed by atoms with E-state index in [1.54, 1.807) is 14.2 Å².